The fourth-order valence-electron chi connectivity index (χ4n) is 1.58. The van der Waals surface area contributed by atoms with Gasteiger partial charge in [-0.1, -0.05) is 0 Å². The summed E-state index contributed by atoms with van der Waals surface area (Å²) >= 11 is 0. The normalized spacial score (nSPS) is 12.2. The van der Waals surface area contributed by atoms with Crippen LogP contribution in [0, 0.1) is 11.6 Å². The molecule has 0 amide bonds. The van der Waals surface area contributed by atoms with Crippen molar-refractivity contribution >= 4 is 5.82 Å². The fourth-order valence-corrected chi connectivity index (χ4v) is 1.58. The van der Waals surface area contributed by atoms with E-state index in [4.69, 9.17) is 10.5 Å². The first-order valence-electron chi connectivity index (χ1n) is 5.40. The molecule has 0 radical (unpaired) electrons. The highest BCUT2D eigenvalue weighted by Gasteiger charge is 2.14. The first kappa shape index (κ1) is 12.3. The van der Waals surface area contributed by atoms with E-state index in [1.54, 1.807) is 19.1 Å². The molecule has 2 N–H and O–H groups in total. The monoisotopic (exact) mass is 250 g/mol. The summed E-state index contributed by atoms with van der Waals surface area (Å²) in [4.78, 5) is 3.85. The molecule has 1 atom stereocenters. The highest BCUT2D eigenvalue weighted by atomic mass is 19.1. The van der Waals surface area contributed by atoms with E-state index in [9.17, 15) is 8.78 Å². The van der Waals surface area contributed by atoms with Crippen LogP contribution in [0.2, 0.25) is 0 Å². The molecule has 0 saturated carbocycles. The lowest BCUT2D eigenvalue weighted by Gasteiger charge is -2.16. The second-order valence-corrected chi connectivity index (χ2v) is 3.81. The topological polar surface area (TPSA) is 48.1 Å². The SMILES string of the molecule is CC(Oc1cccnc1N)c1cc(F)ccc1F. The highest BCUT2D eigenvalue weighted by molar-refractivity contribution is 5.45. The van der Waals surface area contributed by atoms with E-state index < -0.39 is 17.7 Å². The molecule has 0 fully saturated rings. The molecule has 0 saturated heterocycles. The molecule has 0 aliphatic rings. The molecule has 1 unspecified atom stereocenters. The summed E-state index contributed by atoms with van der Waals surface area (Å²) < 4.78 is 32.1. The molecule has 1 heterocycles. The van der Waals surface area contributed by atoms with E-state index in [0.29, 0.717) is 5.75 Å². The Balaban J connectivity index is 2.25. The summed E-state index contributed by atoms with van der Waals surface area (Å²) in [6.07, 6.45) is 0.863. The quantitative estimate of drug-likeness (QED) is 0.910. The molecule has 3 nitrogen and oxygen atoms in total. The zero-order valence-corrected chi connectivity index (χ0v) is 9.73. The molecule has 5 heteroatoms. The van der Waals surface area contributed by atoms with E-state index in [1.807, 2.05) is 0 Å². The van der Waals surface area contributed by atoms with Crippen LogP contribution in [0.4, 0.5) is 14.6 Å². The Morgan fingerprint density at radius 1 is 1.28 bits per heavy atom. The number of hydrogen-bond donors (Lipinski definition) is 1. The molecular formula is C13H12F2N2O. The van der Waals surface area contributed by atoms with Gasteiger partial charge in [-0.2, -0.15) is 0 Å². The fraction of sp³-hybridized carbons (Fsp3) is 0.154. The van der Waals surface area contributed by atoms with Gasteiger partial charge in [-0.15, -0.1) is 0 Å². The van der Waals surface area contributed by atoms with Crippen LogP contribution in [0.1, 0.15) is 18.6 Å². The average molecular weight is 250 g/mol. The zero-order chi connectivity index (χ0) is 13.1. The third-order valence-electron chi connectivity index (χ3n) is 2.50. The molecule has 0 aliphatic carbocycles. The number of nitrogens with zero attached hydrogens (tertiary/aromatic N) is 1. The van der Waals surface area contributed by atoms with Gasteiger partial charge in [-0.25, -0.2) is 13.8 Å². The van der Waals surface area contributed by atoms with Crippen LogP contribution in [-0.2, 0) is 0 Å². The van der Waals surface area contributed by atoms with Crippen molar-refractivity contribution in [3.8, 4) is 5.75 Å². The van der Waals surface area contributed by atoms with E-state index in [0.717, 1.165) is 18.2 Å². The number of anilines is 1. The summed E-state index contributed by atoms with van der Waals surface area (Å²) in [5, 5.41) is 0. The van der Waals surface area contributed by atoms with Gasteiger partial charge in [-0.3, -0.25) is 0 Å². The van der Waals surface area contributed by atoms with Gasteiger partial charge in [0.2, 0.25) is 0 Å². The maximum absolute atomic E-state index is 13.5. The molecular weight excluding hydrogens is 238 g/mol. The number of halogens is 2. The zero-order valence-electron chi connectivity index (χ0n) is 9.73. The van der Waals surface area contributed by atoms with Gasteiger partial charge >= 0.3 is 0 Å². The van der Waals surface area contributed by atoms with Gasteiger partial charge in [0.1, 0.15) is 17.7 Å². The Morgan fingerprint density at radius 3 is 2.78 bits per heavy atom. The molecule has 0 bridgehead atoms. The molecule has 94 valence electrons. The minimum atomic E-state index is -0.660. The Bertz CT molecular complexity index is 560. The van der Waals surface area contributed by atoms with Gasteiger partial charge in [0.25, 0.3) is 0 Å². The lowest BCUT2D eigenvalue weighted by Crippen LogP contribution is -2.08. The Hall–Kier alpha value is -2.17. The van der Waals surface area contributed by atoms with E-state index in [-0.39, 0.29) is 11.4 Å². The molecule has 2 rings (SSSR count). The standard InChI is InChI=1S/C13H12F2N2O/c1-8(10-7-9(14)4-5-11(10)15)18-12-3-2-6-17-13(12)16/h2-8H,1H3,(H2,16,17). The number of aromatic nitrogens is 1. The number of nitrogens with two attached hydrogens (primary N) is 1. The number of rotatable bonds is 3. The predicted octanol–water partition coefficient (Wildman–Crippen LogP) is 3.08. The first-order chi connectivity index (χ1) is 8.58. The van der Waals surface area contributed by atoms with Gasteiger partial charge in [0.05, 0.1) is 0 Å². The van der Waals surface area contributed by atoms with Gasteiger partial charge in [-0.05, 0) is 37.3 Å². The van der Waals surface area contributed by atoms with Crippen LogP contribution in [0.3, 0.4) is 0 Å². The Kier molecular flexibility index (Phi) is 3.41. The van der Waals surface area contributed by atoms with Crippen LogP contribution in [0.25, 0.3) is 0 Å². The van der Waals surface area contributed by atoms with Gasteiger partial charge < -0.3 is 10.5 Å². The Morgan fingerprint density at radius 2 is 2.06 bits per heavy atom. The highest BCUT2D eigenvalue weighted by Crippen LogP contribution is 2.26. The van der Waals surface area contributed by atoms with Crippen molar-refractivity contribution in [2.24, 2.45) is 0 Å². The van der Waals surface area contributed by atoms with Crippen molar-refractivity contribution in [2.75, 3.05) is 5.73 Å². The second kappa shape index (κ2) is 5.00. The molecule has 2 aromatic rings. The first-order valence-corrected chi connectivity index (χ1v) is 5.40. The van der Waals surface area contributed by atoms with E-state index in [1.165, 1.54) is 6.20 Å². The van der Waals surface area contributed by atoms with Gasteiger partial charge in [0.15, 0.2) is 11.6 Å². The molecule has 1 aromatic heterocycles. The second-order valence-electron chi connectivity index (χ2n) is 3.81. The number of nitrogen functional groups attached to an aromatic ring is 1. The molecule has 1 aromatic carbocycles. The number of benzene rings is 1. The maximum atomic E-state index is 13.5. The molecule has 0 spiro atoms. The maximum Gasteiger partial charge on any atom is 0.166 e. The summed E-state index contributed by atoms with van der Waals surface area (Å²) in [6.45, 7) is 1.62. The van der Waals surface area contributed by atoms with Crippen LogP contribution in [0.15, 0.2) is 36.5 Å². The van der Waals surface area contributed by atoms with Crippen molar-refractivity contribution in [3.63, 3.8) is 0 Å². The third kappa shape index (κ3) is 2.56. The van der Waals surface area contributed by atoms with Gasteiger partial charge in [0, 0.05) is 11.8 Å². The summed E-state index contributed by atoms with van der Waals surface area (Å²) in [5.74, 6) is -0.484. The molecule has 0 aliphatic heterocycles. The minimum absolute atomic E-state index is 0.137. The smallest absolute Gasteiger partial charge is 0.166 e. The van der Waals surface area contributed by atoms with Crippen LogP contribution >= 0.6 is 0 Å². The lowest BCUT2D eigenvalue weighted by atomic mass is 10.1. The number of ether oxygens (including phenoxy) is 1. The lowest BCUT2D eigenvalue weighted by molar-refractivity contribution is 0.221. The Labute approximate surface area is 103 Å². The van der Waals surface area contributed by atoms with Crippen molar-refractivity contribution < 1.29 is 13.5 Å². The van der Waals surface area contributed by atoms with Crippen LogP contribution in [-0.4, -0.2) is 4.98 Å². The van der Waals surface area contributed by atoms with Crippen molar-refractivity contribution in [3.05, 3.63) is 53.7 Å². The summed E-state index contributed by atoms with van der Waals surface area (Å²) in [5.41, 5.74) is 5.75. The average Bonchev–Trinajstić information content (AvgIpc) is 2.35. The number of pyridine rings is 1. The summed E-state index contributed by atoms with van der Waals surface area (Å²) in [6, 6.07) is 6.50. The largest absolute Gasteiger partial charge is 0.482 e. The van der Waals surface area contributed by atoms with Crippen molar-refractivity contribution in [2.45, 2.75) is 13.0 Å². The van der Waals surface area contributed by atoms with Crippen molar-refractivity contribution in [1.29, 1.82) is 0 Å². The van der Waals surface area contributed by atoms with E-state index in [2.05, 4.69) is 4.98 Å². The number of hydrogen-bond acceptors (Lipinski definition) is 3. The van der Waals surface area contributed by atoms with Crippen molar-refractivity contribution in [1.82, 2.24) is 4.98 Å². The van der Waals surface area contributed by atoms with E-state index >= 15 is 0 Å². The molecule has 18 heavy (non-hydrogen) atoms. The third-order valence-corrected chi connectivity index (χ3v) is 2.50. The van der Waals surface area contributed by atoms with Crippen LogP contribution < -0.4 is 10.5 Å². The summed E-state index contributed by atoms with van der Waals surface area (Å²) in [7, 11) is 0. The minimum Gasteiger partial charge on any atom is -0.482 e. The predicted molar refractivity (Wildman–Crippen MR) is 64.1 cm³/mol. The van der Waals surface area contributed by atoms with Crippen LogP contribution in [0.5, 0.6) is 5.75 Å².